The number of rotatable bonds is 4. The van der Waals surface area contributed by atoms with Crippen LogP contribution in [-0.4, -0.2) is 23.1 Å². The van der Waals surface area contributed by atoms with E-state index in [2.05, 4.69) is 4.98 Å². The number of carbonyl (C=O) groups is 1. The maximum Gasteiger partial charge on any atom is 0.337 e. The Kier molecular flexibility index (Phi) is 4.47. The smallest absolute Gasteiger partial charge is 0.337 e. The summed E-state index contributed by atoms with van der Waals surface area (Å²) in [6, 6.07) is 8.85. The normalized spacial score (nSPS) is 10.3. The van der Waals surface area contributed by atoms with Crippen LogP contribution < -0.4 is 4.90 Å². The van der Waals surface area contributed by atoms with Gasteiger partial charge in [0.15, 0.2) is 0 Å². The van der Waals surface area contributed by atoms with Gasteiger partial charge in [0.2, 0.25) is 0 Å². The highest BCUT2D eigenvalue weighted by atomic mass is 35.5. The summed E-state index contributed by atoms with van der Waals surface area (Å²) in [4.78, 5) is 16.8. The lowest BCUT2D eigenvalue weighted by atomic mass is 10.2. The van der Waals surface area contributed by atoms with Gasteiger partial charge >= 0.3 is 5.97 Å². The van der Waals surface area contributed by atoms with Crippen LogP contribution in [0, 0.1) is 0 Å². The molecule has 1 heterocycles. The Morgan fingerprint density at radius 1 is 1.30 bits per heavy atom. The molecule has 0 unspecified atom stereocenters. The average Bonchev–Trinajstić information content (AvgIpc) is 2.41. The Hall–Kier alpha value is -1.78. The molecule has 1 aromatic carbocycles. The fraction of sp³-hybridized carbons (Fsp3) is 0.143. The molecule has 1 aromatic heterocycles. The lowest BCUT2D eigenvalue weighted by Gasteiger charge is -2.19. The Morgan fingerprint density at radius 2 is 1.95 bits per heavy atom. The molecule has 0 saturated carbocycles. The summed E-state index contributed by atoms with van der Waals surface area (Å²) in [6.07, 6.45) is 1.29. The molecule has 0 radical (unpaired) electrons. The van der Waals surface area contributed by atoms with Crippen molar-refractivity contribution in [2.75, 3.05) is 11.9 Å². The van der Waals surface area contributed by atoms with Gasteiger partial charge in [-0.1, -0.05) is 35.3 Å². The summed E-state index contributed by atoms with van der Waals surface area (Å²) >= 11 is 11.9. The molecule has 0 spiro atoms. The molecule has 6 heteroatoms. The molecule has 0 aliphatic heterocycles. The maximum absolute atomic E-state index is 10.8. The number of pyridine rings is 1. The monoisotopic (exact) mass is 310 g/mol. The first-order chi connectivity index (χ1) is 9.47. The predicted octanol–water partition coefficient (Wildman–Crippen LogP) is 3.72. The zero-order valence-corrected chi connectivity index (χ0v) is 12.2. The zero-order chi connectivity index (χ0) is 14.7. The molecule has 0 fully saturated rings. The summed E-state index contributed by atoms with van der Waals surface area (Å²) in [7, 11) is 1.84. The summed E-state index contributed by atoms with van der Waals surface area (Å²) in [6.45, 7) is 0.594. The third-order valence-electron chi connectivity index (χ3n) is 2.76. The standard InChI is InChI=1S/C14H12Cl2N2O2/c1-18(8-9-2-4-11(15)5-3-9)13-12(16)6-10(7-17-13)14(19)20/h2-7H,8H2,1H3,(H,19,20). The van der Waals surface area contributed by atoms with Crippen molar-refractivity contribution in [3.8, 4) is 0 Å². The second-order valence-electron chi connectivity index (χ2n) is 4.32. The molecule has 0 amide bonds. The van der Waals surface area contributed by atoms with E-state index in [9.17, 15) is 4.79 Å². The highest BCUT2D eigenvalue weighted by Gasteiger charge is 2.12. The number of hydrogen-bond donors (Lipinski definition) is 1. The minimum absolute atomic E-state index is 0.0682. The lowest BCUT2D eigenvalue weighted by Crippen LogP contribution is -2.18. The van der Waals surface area contributed by atoms with E-state index in [0.29, 0.717) is 22.4 Å². The second-order valence-corrected chi connectivity index (χ2v) is 5.16. The molecule has 2 aromatic rings. The molecule has 1 N–H and O–H groups in total. The number of aromatic carboxylic acids is 1. The highest BCUT2D eigenvalue weighted by Crippen LogP contribution is 2.24. The van der Waals surface area contributed by atoms with Crippen molar-refractivity contribution in [1.29, 1.82) is 0 Å². The van der Waals surface area contributed by atoms with Crippen molar-refractivity contribution < 1.29 is 9.90 Å². The van der Waals surface area contributed by atoms with Crippen LogP contribution in [-0.2, 0) is 6.54 Å². The fourth-order valence-electron chi connectivity index (χ4n) is 1.77. The molecule has 4 nitrogen and oxygen atoms in total. The first-order valence-electron chi connectivity index (χ1n) is 5.82. The van der Waals surface area contributed by atoms with E-state index in [1.807, 2.05) is 36.2 Å². The third-order valence-corrected chi connectivity index (χ3v) is 3.29. The summed E-state index contributed by atoms with van der Waals surface area (Å²) in [5, 5.41) is 9.86. The number of carboxylic acid groups (broad SMARTS) is 1. The summed E-state index contributed by atoms with van der Waals surface area (Å²) in [5.74, 6) is -0.516. The van der Waals surface area contributed by atoms with Gasteiger partial charge in [0.25, 0.3) is 0 Å². The minimum Gasteiger partial charge on any atom is -0.478 e. The first-order valence-corrected chi connectivity index (χ1v) is 6.57. The summed E-state index contributed by atoms with van der Waals surface area (Å²) in [5.41, 5.74) is 1.12. The van der Waals surface area contributed by atoms with Crippen LogP contribution in [0.25, 0.3) is 0 Å². The van der Waals surface area contributed by atoms with Gasteiger partial charge in [0.1, 0.15) is 5.82 Å². The van der Waals surface area contributed by atoms with Gasteiger partial charge in [-0.05, 0) is 23.8 Å². The van der Waals surface area contributed by atoms with Gasteiger partial charge < -0.3 is 10.0 Å². The van der Waals surface area contributed by atoms with Gasteiger partial charge in [-0.15, -0.1) is 0 Å². The van der Waals surface area contributed by atoms with Crippen molar-refractivity contribution in [3.05, 3.63) is 57.7 Å². The number of nitrogens with zero attached hydrogens (tertiary/aromatic N) is 2. The van der Waals surface area contributed by atoms with Gasteiger partial charge in [0.05, 0.1) is 10.6 Å². The Bertz CT molecular complexity index is 630. The molecule has 0 aliphatic carbocycles. The van der Waals surface area contributed by atoms with Crippen molar-refractivity contribution >= 4 is 35.0 Å². The average molecular weight is 311 g/mol. The molecular formula is C14H12Cl2N2O2. The topological polar surface area (TPSA) is 53.4 Å². The number of carboxylic acids is 1. The van der Waals surface area contributed by atoms with Crippen molar-refractivity contribution in [2.45, 2.75) is 6.54 Å². The molecule has 20 heavy (non-hydrogen) atoms. The molecule has 0 saturated heterocycles. The Labute approximate surface area is 126 Å². The first kappa shape index (κ1) is 14.6. The number of anilines is 1. The maximum atomic E-state index is 10.8. The Balaban J connectivity index is 2.18. The van der Waals surface area contributed by atoms with Crippen LogP contribution in [0.2, 0.25) is 10.0 Å². The predicted molar refractivity (Wildman–Crippen MR) is 79.8 cm³/mol. The SMILES string of the molecule is CN(Cc1ccc(Cl)cc1)c1ncc(C(=O)O)cc1Cl. The molecule has 104 valence electrons. The van der Waals surface area contributed by atoms with Crippen LogP contribution in [0.3, 0.4) is 0 Å². The van der Waals surface area contributed by atoms with Gasteiger partial charge in [-0.2, -0.15) is 0 Å². The number of hydrogen-bond acceptors (Lipinski definition) is 3. The van der Waals surface area contributed by atoms with Gasteiger partial charge in [-0.25, -0.2) is 9.78 Å². The van der Waals surface area contributed by atoms with Crippen LogP contribution in [0.1, 0.15) is 15.9 Å². The lowest BCUT2D eigenvalue weighted by molar-refractivity contribution is 0.0696. The third kappa shape index (κ3) is 3.40. The van der Waals surface area contributed by atoms with Crippen molar-refractivity contribution in [2.24, 2.45) is 0 Å². The fourth-order valence-corrected chi connectivity index (χ4v) is 2.20. The summed E-state index contributed by atoms with van der Waals surface area (Å²) < 4.78 is 0. The van der Waals surface area contributed by atoms with E-state index in [1.54, 1.807) is 0 Å². The largest absolute Gasteiger partial charge is 0.478 e. The number of benzene rings is 1. The van der Waals surface area contributed by atoms with E-state index >= 15 is 0 Å². The van der Waals surface area contributed by atoms with Crippen molar-refractivity contribution in [1.82, 2.24) is 4.98 Å². The number of aromatic nitrogens is 1. The van der Waals surface area contributed by atoms with Gasteiger partial charge in [-0.3, -0.25) is 0 Å². The van der Waals surface area contributed by atoms with Crippen LogP contribution >= 0.6 is 23.2 Å². The van der Waals surface area contributed by atoms with E-state index < -0.39 is 5.97 Å². The zero-order valence-electron chi connectivity index (χ0n) is 10.7. The van der Waals surface area contributed by atoms with Crippen LogP contribution in [0.15, 0.2) is 36.5 Å². The van der Waals surface area contributed by atoms with E-state index in [0.717, 1.165) is 5.56 Å². The van der Waals surface area contributed by atoms with E-state index in [1.165, 1.54) is 12.3 Å². The molecule has 0 bridgehead atoms. The Morgan fingerprint density at radius 3 is 2.50 bits per heavy atom. The molecule has 2 rings (SSSR count). The second kappa shape index (κ2) is 6.11. The van der Waals surface area contributed by atoms with Gasteiger partial charge in [0, 0.05) is 24.8 Å². The number of halogens is 2. The molecular weight excluding hydrogens is 299 g/mol. The van der Waals surface area contributed by atoms with E-state index in [-0.39, 0.29) is 5.56 Å². The highest BCUT2D eigenvalue weighted by molar-refractivity contribution is 6.33. The minimum atomic E-state index is -1.05. The molecule has 0 atom stereocenters. The molecule has 0 aliphatic rings. The van der Waals surface area contributed by atoms with Crippen molar-refractivity contribution in [3.63, 3.8) is 0 Å². The van der Waals surface area contributed by atoms with Crippen LogP contribution in [0.4, 0.5) is 5.82 Å². The van der Waals surface area contributed by atoms with Crippen LogP contribution in [0.5, 0.6) is 0 Å². The quantitative estimate of drug-likeness (QED) is 0.935. The van der Waals surface area contributed by atoms with E-state index in [4.69, 9.17) is 28.3 Å².